The lowest BCUT2D eigenvalue weighted by Crippen LogP contribution is -2.45. The molecule has 138 valence electrons. The summed E-state index contributed by atoms with van der Waals surface area (Å²) >= 11 is 0. The Bertz CT molecular complexity index is 757. The standard InChI is InChI=1S/C22H28N2O2/c1-16(2)26-21-10-6-7-17(13-21)15-23-22(25)24(3)20-12-11-18-8-4-5-9-19(18)14-20/h4-10,13,16,20H,11-12,14-15H2,1-3H3,(H,23,25). The van der Waals surface area contributed by atoms with E-state index in [9.17, 15) is 4.79 Å². The van der Waals surface area contributed by atoms with E-state index in [4.69, 9.17) is 4.74 Å². The Balaban J connectivity index is 1.55. The third-order valence-corrected chi connectivity index (χ3v) is 4.90. The predicted molar refractivity (Wildman–Crippen MR) is 104 cm³/mol. The van der Waals surface area contributed by atoms with Crippen LogP contribution in [0.2, 0.25) is 0 Å². The fraction of sp³-hybridized carbons (Fsp3) is 0.409. The van der Waals surface area contributed by atoms with Crippen molar-refractivity contribution in [2.45, 2.75) is 51.8 Å². The van der Waals surface area contributed by atoms with Gasteiger partial charge in [0, 0.05) is 19.6 Å². The lowest BCUT2D eigenvalue weighted by atomic mass is 9.88. The molecule has 1 aliphatic rings. The second-order valence-electron chi connectivity index (χ2n) is 7.25. The van der Waals surface area contributed by atoms with Gasteiger partial charge in [0.15, 0.2) is 0 Å². The number of nitrogens with zero attached hydrogens (tertiary/aromatic N) is 1. The number of hydrogen-bond acceptors (Lipinski definition) is 2. The van der Waals surface area contributed by atoms with Gasteiger partial charge in [-0.25, -0.2) is 4.79 Å². The zero-order valence-electron chi connectivity index (χ0n) is 15.9. The summed E-state index contributed by atoms with van der Waals surface area (Å²) in [5.41, 5.74) is 3.82. The first-order valence-corrected chi connectivity index (χ1v) is 9.36. The largest absolute Gasteiger partial charge is 0.491 e. The highest BCUT2D eigenvalue weighted by Gasteiger charge is 2.24. The van der Waals surface area contributed by atoms with Gasteiger partial charge in [0.25, 0.3) is 0 Å². The maximum atomic E-state index is 12.6. The minimum atomic E-state index is -0.0236. The molecule has 0 spiro atoms. The number of carbonyl (C=O) groups excluding carboxylic acids is 1. The van der Waals surface area contributed by atoms with Gasteiger partial charge in [-0.1, -0.05) is 36.4 Å². The third-order valence-electron chi connectivity index (χ3n) is 4.90. The minimum Gasteiger partial charge on any atom is -0.491 e. The number of carbonyl (C=O) groups is 1. The molecule has 0 heterocycles. The molecule has 4 heteroatoms. The van der Waals surface area contributed by atoms with Crippen LogP contribution in [0.5, 0.6) is 5.75 Å². The maximum absolute atomic E-state index is 12.6. The lowest BCUT2D eigenvalue weighted by Gasteiger charge is -2.32. The molecule has 0 radical (unpaired) electrons. The molecule has 0 aromatic heterocycles. The predicted octanol–water partition coefficient (Wildman–Crippen LogP) is 4.17. The van der Waals surface area contributed by atoms with E-state index < -0.39 is 0 Å². The molecule has 0 aliphatic heterocycles. The molecular formula is C22H28N2O2. The number of likely N-dealkylation sites (N-methyl/N-ethyl adjacent to an activating group) is 1. The summed E-state index contributed by atoms with van der Waals surface area (Å²) in [7, 11) is 1.90. The Morgan fingerprint density at radius 2 is 1.96 bits per heavy atom. The van der Waals surface area contributed by atoms with Gasteiger partial charge >= 0.3 is 6.03 Å². The topological polar surface area (TPSA) is 41.6 Å². The van der Waals surface area contributed by atoms with Crippen molar-refractivity contribution < 1.29 is 9.53 Å². The maximum Gasteiger partial charge on any atom is 0.317 e. The molecule has 1 aliphatic carbocycles. The van der Waals surface area contributed by atoms with Gasteiger partial charge in [0.2, 0.25) is 0 Å². The quantitative estimate of drug-likeness (QED) is 0.877. The number of urea groups is 1. The van der Waals surface area contributed by atoms with E-state index in [1.807, 2.05) is 50.1 Å². The Kier molecular flexibility index (Phi) is 5.82. The number of ether oxygens (including phenoxy) is 1. The average molecular weight is 352 g/mol. The summed E-state index contributed by atoms with van der Waals surface area (Å²) in [6.45, 7) is 4.51. The van der Waals surface area contributed by atoms with Crippen LogP contribution in [0.25, 0.3) is 0 Å². The number of hydrogen-bond donors (Lipinski definition) is 1. The molecule has 1 N–H and O–H groups in total. The third kappa shape index (κ3) is 4.57. The molecule has 0 fully saturated rings. The SMILES string of the molecule is CC(C)Oc1cccc(CNC(=O)N(C)C2CCc3ccccc3C2)c1. The number of fused-ring (bicyclic) bond motifs is 1. The van der Waals surface area contributed by atoms with Crippen molar-refractivity contribution in [1.82, 2.24) is 10.2 Å². The Morgan fingerprint density at radius 3 is 2.73 bits per heavy atom. The molecule has 1 atom stereocenters. The molecule has 2 aromatic rings. The number of rotatable bonds is 5. The second kappa shape index (κ2) is 8.26. The van der Waals surface area contributed by atoms with Gasteiger partial charge in [-0.05, 0) is 61.9 Å². The Morgan fingerprint density at radius 1 is 1.19 bits per heavy atom. The van der Waals surface area contributed by atoms with Crippen LogP contribution < -0.4 is 10.1 Å². The lowest BCUT2D eigenvalue weighted by molar-refractivity contribution is 0.184. The van der Waals surface area contributed by atoms with E-state index in [0.29, 0.717) is 6.54 Å². The average Bonchev–Trinajstić information content (AvgIpc) is 2.65. The first-order valence-electron chi connectivity index (χ1n) is 9.36. The van der Waals surface area contributed by atoms with Gasteiger partial charge in [-0.3, -0.25) is 0 Å². The van der Waals surface area contributed by atoms with Crippen molar-refractivity contribution >= 4 is 6.03 Å². The molecule has 4 nitrogen and oxygen atoms in total. The van der Waals surface area contributed by atoms with E-state index in [2.05, 4.69) is 29.6 Å². The van der Waals surface area contributed by atoms with Crippen LogP contribution in [0.1, 0.15) is 37.0 Å². The van der Waals surface area contributed by atoms with E-state index in [1.54, 1.807) is 0 Å². The summed E-state index contributed by atoms with van der Waals surface area (Å²) in [5.74, 6) is 0.837. The monoisotopic (exact) mass is 352 g/mol. The van der Waals surface area contributed by atoms with Gasteiger partial charge < -0.3 is 15.0 Å². The van der Waals surface area contributed by atoms with Crippen LogP contribution in [0.15, 0.2) is 48.5 Å². The van der Waals surface area contributed by atoms with Gasteiger partial charge in [0.1, 0.15) is 5.75 Å². The molecule has 1 unspecified atom stereocenters. The molecule has 0 bridgehead atoms. The van der Waals surface area contributed by atoms with Crippen LogP contribution >= 0.6 is 0 Å². The fourth-order valence-electron chi connectivity index (χ4n) is 3.48. The number of aryl methyl sites for hydroxylation is 1. The second-order valence-corrected chi connectivity index (χ2v) is 7.25. The molecule has 0 saturated carbocycles. The van der Waals surface area contributed by atoms with Crippen LogP contribution in [-0.4, -0.2) is 30.1 Å². The van der Waals surface area contributed by atoms with Crippen LogP contribution in [0.3, 0.4) is 0 Å². The summed E-state index contributed by atoms with van der Waals surface area (Å²) in [4.78, 5) is 14.4. The first kappa shape index (κ1) is 18.3. The molecule has 3 rings (SSSR count). The minimum absolute atomic E-state index is 0.0236. The van der Waals surface area contributed by atoms with Crippen LogP contribution in [0, 0.1) is 0 Å². The van der Waals surface area contributed by atoms with Crippen molar-refractivity contribution in [3.05, 3.63) is 65.2 Å². The van der Waals surface area contributed by atoms with E-state index >= 15 is 0 Å². The van der Waals surface area contributed by atoms with Crippen molar-refractivity contribution in [2.24, 2.45) is 0 Å². The van der Waals surface area contributed by atoms with Gasteiger partial charge in [-0.2, -0.15) is 0 Å². The van der Waals surface area contributed by atoms with Crippen molar-refractivity contribution in [2.75, 3.05) is 7.05 Å². The normalized spacial score (nSPS) is 16.1. The Labute approximate surface area is 156 Å². The molecular weight excluding hydrogens is 324 g/mol. The summed E-state index contributed by atoms with van der Waals surface area (Å²) in [6, 6.07) is 16.6. The number of benzene rings is 2. The van der Waals surface area contributed by atoms with Crippen molar-refractivity contribution in [3.8, 4) is 5.75 Å². The first-order chi connectivity index (χ1) is 12.5. The van der Waals surface area contributed by atoms with Gasteiger partial charge in [0.05, 0.1) is 6.10 Å². The molecule has 2 aromatic carbocycles. The molecule has 26 heavy (non-hydrogen) atoms. The number of amides is 2. The highest BCUT2D eigenvalue weighted by atomic mass is 16.5. The van der Waals surface area contributed by atoms with E-state index in [-0.39, 0.29) is 18.2 Å². The summed E-state index contributed by atoms with van der Waals surface area (Å²) < 4.78 is 5.71. The Hall–Kier alpha value is -2.49. The summed E-state index contributed by atoms with van der Waals surface area (Å²) in [6.07, 6.45) is 3.11. The van der Waals surface area contributed by atoms with Crippen LogP contribution in [0.4, 0.5) is 4.79 Å². The number of nitrogens with one attached hydrogen (secondary N) is 1. The zero-order valence-corrected chi connectivity index (χ0v) is 15.9. The van der Waals surface area contributed by atoms with Crippen molar-refractivity contribution in [3.63, 3.8) is 0 Å². The van der Waals surface area contributed by atoms with Crippen LogP contribution in [-0.2, 0) is 19.4 Å². The van der Waals surface area contributed by atoms with Crippen molar-refractivity contribution in [1.29, 1.82) is 0 Å². The molecule has 0 saturated heterocycles. The highest BCUT2D eigenvalue weighted by molar-refractivity contribution is 5.74. The fourth-order valence-corrected chi connectivity index (χ4v) is 3.48. The van der Waals surface area contributed by atoms with E-state index in [1.165, 1.54) is 11.1 Å². The van der Waals surface area contributed by atoms with E-state index in [0.717, 1.165) is 30.6 Å². The smallest absolute Gasteiger partial charge is 0.317 e. The zero-order chi connectivity index (χ0) is 18.5. The summed E-state index contributed by atoms with van der Waals surface area (Å²) in [5, 5.41) is 3.03. The molecule has 2 amide bonds. The van der Waals surface area contributed by atoms with Gasteiger partial charge in [-0.15, -0.1) is 0 Å². The highest BCUT2D eigenvalue weighted by Crippen LogP contribution is 2.24.